The van der Waals surface area contributed by atoms with Crippen molar-refractivity contribution in [1.29, 1.82) is 0 Å². The van der Waals surface area contributed by atoms with Crippen LogP contribution in [-0.2, 0) is 0 Å². The van der Waals surface area contributed by atoms with Crippen molar-refractivity contribution in [2.24, 2.45) is 11.8 Å². The molecule has 2 heteroatoms. The summed E-state index contributed by atoms with van der Waals surface area (Å²) in [5, 5.41) is 2.75. The Morgan fingerprint density at radius 1 is 0.840 bits per heavy atom. The summed E-state index contributed by atoms with van der Waals surface area (Å²) in [6.07, 6.45) is 7.27. The van der Waals surface area contributed by atoms with E-state index < -0.39 is 0 Å². The molecule has 0 bridgehead atoms. The fourth-order valence-electron chi connectivity index (χ4n) is 4.68. The quantitative estimate of drug-likeness (QED) is 0.759. The molecule has 2 aliphatic rings. The van der Waals surface area contributed by atoms with Gasteiger partial charge in [0.1, 0.15) is 0 Å². The van der Waals surface area contributed by atoms with Crippen molar-refractivity contribution in [3.63, 3.8) is 0 Å². The van der Waals surface area contributed by atoms with Crippen LogP contribution in [0, 0.1) is 11.8 Å². The smallest absolute Gasteiger partial charge is 0.0446 e. The molecule has 0 unspecified atom stereocenters. The number of anilines is 1. The molecule has 1 aliphatic carbocycles. The average molecular weight is 337 g/mol. The number of hydrogen-bond donors (Lipinski definition) is 0. The van der Waals surface area contributed by atoms with Gasteiger partial charge >= 0.3 is 0 Å². The number of fused-ring (bicyclic) bond motifs is 1. The van der Waals surface area contributed by atoms with Gasteiger partial charge in [-0.25, -0.2) is 0 Å². The van der Waals surface area contributed by atoms with Crippen LogP contribution < -0.4 is 4.90 Å². The van der Waals surface area contributed by atoms with Crippen molar-refractivity contribution >= 4 is 16.5 Å². The lowest BCUT2D eigenvalue weighted by Crippen LogP contribution is -2.47. The van der Waals surface area contributed by atoms with Gasteiger partial charge in [-0.2, -0.15) is 0 Å². The molecule has 1 heterocycles. The number of hydrogen-bond acceptors (Lipinski definition) is 2. The molecule has 2 aromatic rings. The second kappa shape index (κ2) is 7.78. The van der Waals surface area contributed by atoms with E-state index in [0.717, 1.165) is 24.9 Å². The monoisotopic (exact) mass is 336 g/mol. The van der Waals surface area contributed by atoms with E-state index in [9.17, 15) is 0 Å². The lowest BCUT2D eigenvalue weighted by Gasteiger charge is -2.37. The summed E-state index contributed by atoms with van der Waals surface area (Å²) >= 11 is 0. The van der Waals surface area contributed by atoms with Crippen molar-refractivity contribution < 1.29 is 0 Å². The molecular formula is C23H32N2. The summed E-state index contributed by atoms with van der Waals surface area (Å²) in [4.78, 5) is 5.28. The summed E-state index contributed by atoms with van der Waals surface area (Å²) in [6.45, 7) is 8.48. The highest BCUT2D eigenvalue weighted by Crippen LogP contribution is 2.31. The van der Waals surface area contributed by atoms with E-state index in [1.807, 2.05) is 0 Å². The van der Waals surface area contributed by atoms with Crippen LogP contribution in [0.1, 0.15) is 39.0 Å². The largest absolute Gasteiger partial charge is 0.368 e. The van der Waals surface area contributed by atoms with Crippen molar-refractivity contribution in [2.75, 3.05) is 37.6 Å². The van der Waals surface area contributed by atoms with Crippen LogP contribution in [0.2, 0.25) is 0 Å². The summed E-state index contributed by atoms with van der Waals surface area (Å²) in [7, 11) is 0. The zero-order valence-electron chi connectivity index (χ0n) is 15.7. The predicted molar refractivity (Wildman–Crippen MR) is 108 cm³/mol. The Morgan fingerprint density at radius 2 is 1.56 bits per heavy atom. The van der Waals surface area contributed by atoms with Crippen molar-refractivity contribution in [3.8, 4) is 0 Å². The molecule has 1 aliphatic heterocycles. The van der Waals surface area contributed by atoms with Crippen LogP contribution in [0.3, 0.4) is 0 Å². The van der Waals surface area contributed by atoms with E-state index in [1.165, 1.54) is 68.2 Å². The van der Waals surface area contributed by atoms with Gasteiger partial charge in [-0.15, -0.1) is 0 Å². The first-order chi connectivity index (χ1) is 12.3. The Morgan fingerprint density at radius 3 is 2.36 bits per heavy atom. The molecule has 0 radical (unpaired) electrons. The van der Waals surface area contributed by atoms with Gasteiger partial charge in [0.05, 0.1) is 0 Å². The minimum Gasteiger partial charge on any atom is -0.368 e. The Balaban J connectivity index is 1.31. The van der Waals surface area contributed by atoms with Gasteiger partial charge in [-0.05, 0) is 36.3 Å². The van der Waals surface area contributed by atoms with Gasteiger partial charge in [-0.1, -0.05) is 69.0 Å². The van der Waals surface area contributed by atoms with Gasteiger partial charge in [0.2, 0.25) is 0 Å². The molecule has 1 saturated carbocycles. The summed E-state index contributed by atoms with van der Waals surface area (Å²) < 4.78 is 0. The first-order valence-electron chi connectivity index (χ1n) is 10.2. The minimum absolute atomic E-state index is 0.973. The first kappa shape index (κ1) is 16.9. The van der Waals surface area contributed by atoms with Crippen molar-refractivity contribution in [1.82, 2.24) is 4.90 Å². The van der Waals surface area contributed by atoms with Gasteiger partial charge < -0.3 is 4.90 Å². The summed E-state index contributed by atoms with van der Waals surface area (Å²) in [5.41, 5.74) is 1.42. The Kier molecular flexibility index (Phi) is 5.26. The van der Waals surface area contributed by atoms with Gasteiger partial charge in [0.15, 0.2) is 0 Å². The van der Waals surface area contributed by atoms with Crippen LogP contribution >= 0.6 is 0 Å². The minimum atomic E-state index is 0.973. The van der Waals surface area contributed by atoms with E-state index in [2.05, 4.69) is 59.2 Å². The molecule has 2 nitrogen and oxygen atoms in total. The first-order valence-corrected chi connectivity index (χ1v) is 10.2. The van der Waals surface area contributed by atoms with E-state index in [1.54, 1.807) is 0 Å². The molecule has 0 atom stereocenters. The number of rotatable bonds is 4. The molecule has 0 N–H and O–H groups in total. The molecule has 0 amide bonds. The Bertz CT molecular complexity index is 674. The number of nitrogens with zero attached hydrogens (tertiary/aromatic N) is 2. The van der Waals surface area contributed by atoms with Gasteiger partial charge in [0.25, 0.3) is 0 Å². The van der Waals surface area contributed by atoms with E-state index in [0.29, 0.717) is 0 Å². The highest BCUT2D eigenvalue weighted by Gasteiger charge is 2.21. The maximum atomic E-state index is 2.69. The second-order valence-electron chi connectivity index (χ2n) is 8.24. The lowest BCUT2D eigenvalue weighted by molar-refractivity contribution is 0.208. The molecule has 1 saturated heterocycles. The van der Waals surface area contributed by atoms with Gasteiger partial charge in [-0.3, -0.25) is 4.90 Å². The molecule has 0 spiro atoms. The Labute approximate surface area is 152 Å². The third kappa shape index (κ3) is 4.00. The maximum absolute atomic E-state index is 2.69. The average Bonchev–Trinajstić information content (AvgIpc) is 2.68. The Hall–Kier alpha value is -1.54. The predicted octanol–water partition coefficient (Wildman–Crippen LogP) is 5.18. The second-order valence-corrected chi connectivity index (χ2v) is 8.24. The van der Waals surface area contributed by atoms with E-state index in [4.69, 9.17) is 0 Å². The molecule has 4 rings (SSSR count). The zero-order valence-corrected chi connectivity index (χ0v) is 15.7. The highest BCUT2D eigenvalue weighted by molar-refractivity contribution is 5.94. The fourth-order valence-corrected chi connectivity index (χ4v) is 4.68. The van der Waals surface area contributed by atoms with E-state index in [-0.39, 0.29) is 0 Å². The normalized spacial score (nSPS) is 25.4. The molecule has 2 fully saturated rings. The lowest BCUT2D eigenvalue weighted by atomic mass is 9.81. The highest BCUT2D eigenvalue weighted by atomic mass is 15.3. The summed E-state index contributed by atoms with van der Waals surface area (Å²) in [6, 6.07) is 15.5. The van der Waals surface area contributed by atoms with Crippen LogP contribution in [0.15, 0.2) is 42.5 Å². The van der Waals surface area contributed by atoms with E-state index >= 15 is 0 Å². The molecule has 2 aromatic carbocycles. The topological polar surface area (TPSA) is 6.48 Å². The standard InChI is InChI=1S/C23H32N2/c1-19-9-11-20(12-10-19)13-14-24-15-17-25(18-16-24)23-8-4-6-21-5-2-3-7-22(21)23/h2-8,19-20H,9-18H2,1H3. The third-order valence-corrected chi connectivity index (χ3v) is 6.47. The van der Waals surface area contributed by atoms with Crippen LogP contribution in [0.4, 0.5) is 5.69 Å². The van der Waals surface area contributed by atoms with Crippen molar-refractivity contribution in [2.45, 2.75) is 39.0 Å². The SMILES string of the molecule is CC1CCC(CCN2CCN(c3cccc4ccccc34)CC2)CC1. The maximum Gasteiger partial charge on any atom is 0.0446 e. The fraction of sp³-hybridized carbons (Fsp3) is 0.565. The number of piperazine rings is 1. The molecule has 25 heavy (non-hydrogen) atoms. The van der Waals surface area contributed by atoms with Crippen LogP contribution in [0.5, 0.6) is 0 Å². The van der Waals surface area contributed by atoms with Gasteiger partial charge in [0, 0.05) is 37.3 Å². The third-order valence-electron chi connectivity index (χ3n) is 6.47. The molecule has 0 aromatic heterocycles. The van der Waals surface area contributed by atoms with Crippen molar-refractivity contribution in [3.05, 3.63) is 42.5 Å². The molecule has 134 valence electrons. The van der Waals surface area contributed by atoms with Crippen LogP contribution in [0.25, 0.3) is 10.8 Å². The number of benzene rings is 2. The summed E-state index contributed by atoms with van der Waals surface area (Å²) in [5.74, 6) is 1.97. The molecular weight excluding hydrogens is 304 g/mol. The van der Waals surface area contributed by atoms with Crippen LogP contribution in [-0.4, -0.2) is 37.6 Å². The zero-order chi connectivity index (χ0) is 17.1.